The molecule has 0 aromatic carbocycles. The molecule has 3 aliphatic rings. The average Bonchev–Trinajstić information content (AvgIpc) is 3.09. The standard InChI is InChI=1S/C30H50O22.3Na/c1-10-13(34)4-28(47,25(41)42)50-23(10)20(39)17(8-32)48-30(27(45)46)6-15(36)12(3)24(52-30)21(40)18(9-33)49-29(26(43)44)5-14(35)11(2)22(51-29)19(38)16(37)7-31;;;/h10-24,31-40,47H,4-9H2,1-3H3,(H,41,42)(H,43,44)(H,45,46);;;/q;3*+1/p-3/t10-,11-,12-,13+,14+,15+,16-,17-,18?,19-,20-,21-,22?,23?,24?,28-,29-,30-;;;/m1.../s1. The van der Waals surface area contributed by atoms with E-state index in [1.807, 2.05) is 0 Å². The summed E-state index contributed by atoms with van der Waals surface area (Å²) in [6.07, 6.45) is -26.2. The van der Waals surface area contributed by atoms with Crippen molar-refractivity contribution in [2.45, 2.75) is 131 Å². The number of hydrogen-bond acceptors (Lipinski definition) is 22. The van der Waals surface area contributed by atoms with Gasteiger partial charge in [-0.05, 0) is 0 Å². The van der Waals surface area contributed by atoms with Crippen LogP contribution in [0.5, 0.6) is 0 Å². The largest absolute Gasteiger partial charge is 1.00 e. The molecule has 3 rings (SSSR count). The van der Waals surface area contributed by atoms with Crippen molar-refractivity contribution in [1.82, 2.24) is 0 Å². The van der Waals surface area contributed by atoms with E-state index in [2.05, 4.69) is 0 Å². The summed E-state index contributed by atoms with van der Waals surface area (Å²) in [4.78, 5) is 36.5. The normalized spacial score (nSPS) is 39.7. The molecule has 302 valence electrons. The van der Waals surface area contributed by atoms with Crippen molar-refractivity contribution in [3.8, 4) is 0 Å². The summed E-state index contributed by atoms with van der Waals surface area (Å²) in [5.41, 5.74) is 0. The van der Waals surface area contributed by atoms with E-state index in [1.54, 1.807) is 0 Å². The van der Waals surface area contributed by atoms with Gasteiger partial charge in [0.2, 0.25) is 17.4 Å². The Labute approximate surface area is 381 Å². The Morgan fingerprint density at radius 1 is 0.600 bits per heavy atom. The Kier molecular flexibility index (Phi) is 22.9. The van der Waals surface area contributed by atoms with Crippen molar-refractivity contribution in [2.24, 2.45) is 17.8 Å². The van der Waals surface area contributed by atoms with Gasteiger partial charge in [-0.3, -0.25) is 0 Å². The monoisotopic (exact) mass is 828 g/mol. The predicted octanol–water partition coefficient (Wildman–Crippen LogP) is -19.1. The van der Waals surface area contributed by atoms with Crippen LogP contribution in [0.25, 0.3) is 0 Å². The maximum Gasteiger partial charge on any atom is 1.00 e. The Balaban J connectivity index is 0.00000972. The second-order valence-electron chi connectivity index (χ2n) is 13.7. The summed E-state index contributed by atoms with van der Waals surface area (Å²) in [6, 6.07) is 0. The number of aliphatic hydroxyl groups excluding tert-OH is 10. The van der Waals surface area contributed by atoms with Crippen LogP contribution in [0, 0.1) is 17.8 Å². The van der Waals surface area contributed by atoms with E-state index in [-0.39, 0.29) is 88.7 Å². The van der Waals surface area contributed by atoms with Crippen LogP contribution in [0.4, 0.5) is 0 Å². The maximum absolute atomic E-state index is 12.6. The summed E-state index contributed by atoms with van der Waals surface area (Å²) in [7, 11) is 0. The minimum Gasteiger partial charge on any atom is -0.544 e. The number of carboxylic acids is 3. The average molecular weight is 829 g/mol. The number of ether oxygens (including phenoxy) is 5. The molecule has 0 spiro atoms. The van der Waals surface area contributed by atoms with Crippen molar-refractivity contribution < 1.29 is 198 Å². The SMILES string of the molecule is C[C@H]1C([C@H](O)C(CO)O[C@]2(C(=O)[O-])C[C@H](O)[C@@H](C)C([C@H](O)[C@H](O)CO)O2)O[C@@](O[C@H](CO)[C@@H](O)C2O[C@@](O)(C(=O)[O-])C[C@H](O)[C@H]2C)(C(=O)[O-])C[C@@H]1O.[Na+].[Na+].[Na+]. The van der Waals surface area contributed by atoms with Gasteiger partial charge in [0.1, 0.15) is 54.5 Å². The topological polar surface area (TPSA) is 389 Å². The van der Waals surface area contributed by atoms with E-state index in [4.69, 9.17) is 23.7 Å². The molecule has 22 nitrogen and oxygen atoms in total. The zero-order valence-corrected chi connectivity index (χ0v) is 37.3. The number of aliphatic carboxylic acids is 3. The van der Waals surface area contributed by atoms with Gasteiger partial charge in [0, 0.05) is 37.0 Å². The molecule has 25 heteroatoms. The summed E-state index contributed by atoms with van der Waals surface area (Å²) in [5, 5.41) is 151. The quantitative estimate of drug-likeness (QED) is 0.0643. The van der Waals surface area contributed by atoms with Crippen molar-refractivity contribution in [3.05, 3.63) is 0 Å². The van der Waals surface area contributed by atoms with Crippen LogP contribution in [-0.4, -0.2) is 185 Å². The fraction of sp³-hybridized carbons (Fsp3) is 0.900. The van der Waals surface area contributed by atoms with Gasteiger partial charge in [-0.2, -0.15) is 0 Å². The molecular formula is C30H47Na3O22. The van der Waals surface area contributed by atoms with Crippen LogP contribution >= 0.6 is 0 Å². The van der Waals surface area contributed by atoms with E-state index in [0.29, 0.717) is 0 Å². The number of rotatable bonds is 16. The molecule has 0 aromatic rings. The second kappa shape index (κ2) is 22.6. The van der Waals surface area contributed by atoms with E-state index >= 15 is 0 Å². The molecule has 11 N–H and O–H groups in total. The van der Waals surface area contributed by atoms with Crippen molar-refractivity contribution >= 4 is 17.9 Å². The zero-order valence-electron chi connectivity index (χ0n) is 31.3. The molecule has 3 saturated heterocycles. The van der Waals surface area contributed by atoms with Crippen molar-refractivity contribution in [3.63, 3.8) is 0 Å². The Morgan fingerprint density at radius 2 is 0.927 bits per heavy atom. The minimum atomic E-state index is -3.18. The fourth-order valence-corrected chi connectivity index (χ4v) is 6.63. The van der Waals surface area contributed by atoms with Gasteiger partial charge in [-0.1, -0.05) is 20.8 Å². The third-order valence-electron chi connectivity index (χ3n) is 10.1. The summed E-state index contributed by atoms with van der Waals surface area (Å²) in [5.74, 6) is -19.6. The van der Waals surface area contributed by atoms with Gasteiger partial charge in [0.05, 0.1) is 56.4 Å². The van der Waals surface area contributed by atoms with Crippen LogP contribution in [0.2, 0.25) is 0 Å². The van der Waals surface area contributed by atoms with E-state index in [1.165, 1.54) is 20.8 Å². The molecule has 55 heavy (non-hydrogen) atoms. The number of carbonyl (C=O) groups is 3. The Bertz CT molecular complexity index is 1260. The Hall–Kier alpha value is 0.770. The van der Waals surface area contributed by atoms with Crippen molar-refractivity contribution in [2.75, 3.05) is 19.8 Å². The number of carboxylic acid groups (broad SMARTS) is 3. The minimum absolute atomic E-state index is 0. The maximum atomic E-state index is 12.6. The van der Waals surface area contributed by atoms with Crippen LogP contribution < -0.4 is 104 Å². The van der Waals surface area contributed by atoms with Gasteiger partial charge < -0.3 is 110 Å². The van der Waals surface area contributed by atoms with Crippen LogP contribution in [0.3, 0.4) is 0 Å². The predicted molar refractivity (Wildman–Crippen MR) is 154 cm³/mol. The first-order valence-electron chi connectivity index (χ1n) is 16.4. The Morgan fingerprint density at radius 3 is 1.24 bits per heavy atom. The van der Waals surface area contributed by atoms with E-state index in [0.717, 1.165) is 0 Å². The molecule has 4 unspecified atom stereocenters. The third kappa shape index (κ3) is 12.0. The summed E-state index contributed by atoms with van der Waals surface area (Å²) < 4.78 is 27.0. The van der Waals surface area contributed by atoms with Gasteiger partial charge >= 0.3 is 88.7 Å². The molecule has 0 bridgehead atoms. The van der Waals surface area contributed by atoms with Crippen LogP contribution in [0.1, 0.15) is 40.0 Å². The molecule has 0 amide bonds. The molecule has 0 radical (unpaired) electrons. The van der Waals surface area contributed by atoms with Crippen LogP contribution in [-0.2, 0) is 38.1 Å². The number of hydrogen-bond donors (Lipinski definition) is 11. The molecule has 18 atom stereocenters. The van der Waals surface area contributed by atoms with Gasteiger partial charge in [0.15, 0.2) is 0 Å². The first-order chi connectivity index (χ1) is 24.0. The van der Waals surface area contributed by atoms with Crippen LogP contribution in [0.15, 0.2) is 0 Å². The van der Waals surface area contributed by atoms with Gasteiger partial charge in [0.25, 0.3) is 0 Å². The summed E-state index contributed by atoms with van der Waals surface area (Å²) >= 11 is 0. The molecule has 0 aliphatic carbocycles. The van der Waals surface area contributed by atoms with E-state index < -0.39 is 165 Å². The third-order valence-corrected chi connectivity index (χ3v) is 10.1. The molecule has 3 heterocycles. The first kappa shape index (κ1) is 55.8. The van der Waals surface area contributed by atoms with E-state index in [9.17, 15) is 85.9 Å². The first-order valence-corrected chi connectivity index (χ1v) is 16.4. The van der Waals surface area contributed by atoms with Gasteiger partial charge in [-0.15, -0.1) is 0 Å². The molecule has 0 aromatic heterocycles. The molecular weight excluding hydrogens is 781 g/mol. The summed E-state index contributed by atoms with van der Waals surface area (Å²) in [6.45, 7) is 0.238. The second-order valence-corrected chi connectivity index (χ2v) is 13.7. The number of aliphatic hydroxyl groups is 11. The van der Waals surface area contributed by atoms with Crippen molar-refractivity contribution in [1.29, 1.82) is 0 Å². The van der Waals surface area contributed by atoms with Gasteiger partial charge in [-0.25, -0.2) is 0 Å². The molecule has 3 aliphatic heterocycles. The number of carbonyl (C=O) groups excluding carboxylic acids is 3. The smallest absolute Gasteiger partial charge is 0.544 e. The molecule has 3 fully saturated rings. The molecule has 0 saturated carbocycles. The fourth-order valence-electron chi connectivity index (χ4n) is 6.63. The zero-order chi connectivity index (χ0) is 39.7.